The topological polar surface area (TPSA) is 20.3 Å². The van der Waals surface area contributed by atoms with E-state index in [1.165, 1.54) is 25.9 Å². The molecule has 1 atom stereocenters. The molecular weight excluding hydrogens is 222 g/mol. The third-order valence-electron chi connectivity index (χ3n) is 4.99. The van der Waals surface area contributed by atoms with Crippen LogP contribution in [-0.2, 0) is 4.79 Å². The van der Waals surface area contributed by atoms with Gasteiger partial charge in [-0.2, -0.15) is 0 Å². The molecule has 0 aromatic rings. The van der Waals surface area contributed by atoms with Crippen LogP contribution in [0, 0.1) is 16.7 Å². The molecule has 2 aliphatic rings. The molecule has 2 fully saturated rings. The molecule has 0 N–H and O–H groups in total. The molecule has 104 valence electrons. The third kappa shape index (κ3) is 3.57. The van der Waals surface area contributed by atoms with Crippen LogP contribution in [0.3, 0.4) is 0 Å². The summed E-state index contributed by atoms with van der Waals surface area (Å²) in [6, 6.07) is 0. The molecule has 0 aromatic carbocycles. The summed E-state index contributed by atoms with van der Waals surface area (Å²) in [6.07, 6.45) is 5.52. The van der Waals surface area contributed by atoms with E-state index in [2.05, 4.69) is 32.6 Å². The van der Waals surface area contributed by atoms with Gasteiger partial charge in [-0.05, 0) is 49.6 Å². The first-order valence-electron chi connectivity index (χ1n) is 7.53. The highest BCUT2D eigenvalue weighted by Gasteiger charge is 2.35. The van der Waals surface area contributed by atoms with Crippen molar-refractivity contribution in [3.63, 3.8) is 0 Å². The second-order valence-electron chi connectivity index (χ2n) is 8.00. The number of nitrogens with zero attached hydrogens (tertiary/aromatic N) is 1. The van der Waals surface area contributed by atoms with Gasteiger partial charge in [0.25, 0.3) is 0 Å². The minimum absolute atomic E-state index is 0.301. The maximum absolute atomic E-state index is 12.1. The first-order chi connectivity index (χ1) is 8.27. The van der Waals surface area contributed by atoms with Crippen LogP contribution in [0.2, 0.25) is 0 Å². The second-order valence-corrected chi connectivity index (χ2v) is 8.00. The Morgan fingerprint density at radius 3 is 2.28 bits per heavy atom. The van der Waals surface area contributed by atoms with Crippen molar-refractivity contribution in [3.8, 4) is 0 Å². The Balaban J connectivity index is 1.87. The lowest BCUT2D eigenvalue weighted by Gasteiger charge is -2.41. The molecule has 1 saturated carbocycles. The Labute approximate surface area is 112 Å². The summed E-state index contributed by atoms with van der Waals surface area (Å²) in [4.78, 5) is 14.6. The van der Waals surface area contributed by atoms with Gasteiger partial charge in [0, 0.05) is 18.9 Å². The third-order valence-corrected chi connectivity index (χ3v) is 4.99. The summed E-state index contributed by atoms with van der Waals surface area (Å²) in [7, 11) is 0. The van der Waals surface area contributed by atoms with Crippen molar-refractivity contribution >= 4 is 5.78 Å². The lowest BCUT2D eigenvalue weighted by Crippen LogP contribution is -2.43. The fourth-order valence-corrected chi connectivity index (χ4v) is 3.37. The predicted molar refractivity (Wildman–Crippen MR) is 75.6 cm³/mol. The van der Waals surface area contributed by atoms with E-state index in [-0.39, 0.29) is 0 Å². The van der Waals surface area contributed by atoms with Crippen molar-refractivity contribution < 1.29 is 4.79 Å². The van der Waals surface area contributed by atoms with Crippen molar-refractivity contribution in [2.45, 2.75) is 59.8 Å². The zero-order valence-electron chi connectivity index (χ0n) is 12.6. The lowest BCUT2D eigenvalue weighted by molar-refractivity contribution is -0.128. The quantitative estimate of drug-likeness (QED) is 0.748. The average molecular weight is 251 g/mol. The SMILES string of the molecule is CC1(C)CCN(CC2CC(C)(C)CCC2=O)CC1. The molecule has 1 aliphatic heterocycles. The highest BCUT2D eigenvalue weighted by Crippen LogP contribution is 2.38. The van der Waals surface area contributed by atoms with E-state index >= 15 is 0 Å². The minimum Gasteiger partial charge on any atom is -0.303 e. The van der Waals surface area contributed by atoms with Gasteiger partial charge >= 0.3 is 0 Å². The molecule has 0 amide bonds. The summed E-state index contributed by atoms with van der Waals surface area (Å²) in [6.45, 7) is 12.7. The molecule has 18 heavy (non-hydrogen) atoms. The first kappa shape index (κ1) is 14.0. The number of rotatable bonds is 2. The van der Waals surface area contributed by atoms with Crippen LogP contribution in [0.15, 0.2) is 0 Å². The van der Waals surface area contributed by atoms with Gasteiger partial charge in [0.15, 0.2) is 0 Å². The molecule has 0 bridgehead atoms. The van der Waals surface area contributed by atoms with E-state index in [0.717, 1.165) is 25.8 Å². The summed E-state index contributed by atoms with van der Waals surface area (Å²) in [5, 5.41) is 0. The molecular formula is C16H29NO. The molecule has 2 rings (SSSR count). The predicted octanol–water partition coefficient (Wildman–Crippen LogP) is 3.50. The smallest absolute Gasteiger partial charge is 0.137 e. The van der Waals surface area contributed by atoms with Crippen molar-refractivity contribution in [1.82, 2.24) is 4.90 Å². The Kier molecular flexibility index (Phi) is 3.87. The van der Waals surface area contributed by atoms with E-state index in [1.54, 1.807) is 0 Å². The van der Waals surface area contributed by atoms with Crippen LogP contribution in [0.1, 0.15) is 59.8 Å². The standard InChI is InChI=1S/C16H29NO/c1-15(2)7-9-17(10-8-15)12-13-11-16(3,4)6-5-14(13)18/h13H,5-12H2,1-4H3. The second kappa shape index (κ2) is 4.96. The number of hydrogen-bond acceptors (Lipinski definition) is 2. The Hall–Kier alpha value is -0.370. The van der Waals surface area contributed by atoms with Crippen LogP contribution in [0.25, 0.3) is 0 Å². The Morgan fingerprint density at radius 1 is 1.06 bits per heavy atom. The Bertz CT molecular complexity index is 309. The van der Waals surface area contributed by atoms with Gasteiger partial charge in [-0.3, -0.25) is 4.79 Å². The summed E-state index contributed by atoms with van der Waals surface area (Å²) < 4.78 is 0. The molecule has 1 heterocycles. The maximum atomic E-state index is 12.1. The maximum Gasteiger partial charge on any atom is 0.137 e. The van der Waals surface area contributed by atoms with Crippen molar-refractivity contribution in [2.75, 3.05) is 19.6 Å². The van der Waals surface area contributed by atoms with Gasteiger partial charge in [-0.1, -0.05) is 27.7 Å². The van der Waals surface area contributed by atoms with Crippen molar-refractivity contribution in [1.29, 1.82) is 0 Å². The van der Waals surface area contributed by atoms with Crippen LogP contribution in [0.4, 0.5) is 0 Å². The largest absolute Gasteiger partial charge is 0.303 e. The van der Waals surface area contributed by atoms with Crippen LogP contribution < -0.4 is 0 Å². The zero-order valence-corrected chi connectivity index (χ0v) is 12.6. The monoisotopic (exact) mass is 251 g/mol. The van der Waals surface area contributed by atoms with Gasteiger partial charge in [0.1, 0.15) is 5.78 Å². The number of piperidine rings is 1. The number of likely N-dealkylation sites (tertiary alicyclic amines) is 1. The highest BCUT2D eigenvalue weighted by molar-refractivity contribution is 5.82. The first-order valence-corrected chi connectivity index (χ1v) is 7.53. The lowest BCUT2D eigenvalue weighted by atomic mass is 9.71. The molecule has 1 aliphatic carbocycles. The number of ketones is 1. The fraction of sp³-hybridized carbons (Fsp3) is 0.938. The molecule has 0 aromatic heterocycles. The summed E-state index contributed by atoms with van der Waals surface area (Å²) in [5.74, 6) is 0.814. The van der Waals surface area contributed by atoms with Gasteiger partial charge in [-0.25, -0.2) is 0 Å². The number of Topliss-reactive ketones (excluding diaryl/α,β-unsaturated/α-hetero) is 1. The van der Waals surface area contributed by atoms with E-state index in [0.29, 0.717) is 22.5 Å². The van der Waals surface area contributed by atoms with Crippen molar-refractivity contribution in [2.24, 2.45) is 16.7 Å². The number of hydrogen-bond donors (Lipinski definition) is 0. The number of carbonyl (C=O) groups excluding carboxylic acids is 1. The van der Waals surface area contributed by atoms with E-state index in [1.807, 2.05) is 0 Å². The van der Waals surface area contributed by atoms with Gasteiger partial charge < -0.3 is 4.90 Å². The van der Waals surface area contributed by atoms with Gasteiger partial charge in [-0.15, -0.1) is 0 Å². The van der Waals surface area contributed by atoms with E-state index in [4.69, 9.17) is 0 Å². The summed E-state index contributed by atoms with van der Waals surface area (Å²) >= 11 is 0. The van der Waals surface area contributed by atoms with Crippen LogP contribution in [0.5, 0.6) is 0 Å². The number of carbonyl (C=O) groups is 1. The normalized spacial score (nSPS) is 32.4. The van der Waals surface area contributed by atoms with Gasteiger partial charge in [0.2, 0.25) is 0 Å². The minimum atomic E-state index is 0.301. The molecule has 1 saturated heterocycles. The van der Waals surface area contributed by atoms with Gasteiger partial charge in [0.05, 0.1) is 0 Å². The molecule has 0 spiro atoms. The Morgan fingerprint density at radius 2 is 1.67 bits per heavy atom. The molecule has 2 heteroatoms. The van der Waals surface area contributed by atoms with Crippen LogP contribution >= 0.6 is 0 Å². The van der Waals surface area contributed by atoms with Crippen molar-refractivity contribution in [3.05, 3.63) is 0 Å². The van der Waals surface area contributed by atoms with E-state index < -0.39 is 0 Å². The van der Waals surface area contributed by atoms with Crippen LogP contribution in [-0.4, -0.2) is 30.3 Å². The molecule has 1 unspecified atom stereocenters. The molecule has 2 nitrogen and oxygen atoms in total. The highest BCUT2D eigenvalue weighted by atomic mass is 16.1. The average Bonchev–Trinajstić information content (AvgIpc) is 2.26. The summed E-state index contributed by atoms with van der Waals surface area (Å²) in [5.41, 5.74) is 0.875. The fourth-order valence-electron chi connectivity index (χ4n) is 3.37. The zero-order chi connectivity index (χ0) is 13.4. The molecule has 0 radical (unpaired) electrons. The van der Waals surface area contributed by atoms with E-state index in [9.17, 15) is 4.79 Å².